The highest BCUT2D eigenvalue weighted by atomic mass is 32.2. The summed E-state index contributed by atoms with van der Waals surface area (Å²) in [6.07, 6.45) is 0.501. The molecule has 0 aliphatic carbocycles. The van der Waals surface area contributed by atoms with Crippen molar-refractivity contribution in [2.24, 2.45) is 5.92 Å². The van der Waals surface area contributed by atoms with Gasteiger partial charge in [-0.05, 0) is 26.9 Å². The summed E-state index contributed by atoms with van der Waals surface area (Å²) in [7, 11) is 0.219. The van der Waals surface area contributed by atoms with Crippen molar-refractivity contribution >= 4 is 16.0 Å². The molecule has 2 atom stereocenters. The Morgan fingerprint density at radius 3 is 2.24 bits per heavy atom. The molecule has 0 amide bonds. The van der Waals surface area contributed by atoms with Crippen molar-refractivity contribution in [3.8, 4) is 0 Å². The van der Waals surface area contributed by atoms with Gasteiger partial charge >= 0.3 is 5.97 Å². The minimum atomic E-state index is -3.31. The highest BCUT2D eigenvalue weighted by Crippen LogP contribution is 2.09. The van der Waals surface area contributed by atoms with Crippen molar-refractivity contribution in [2.45, 2.75) is 33.0 Å². The molecular weight excluding hydrogens is 296 g/mol. The van der Waals surface area contributed by atoms with Gasteiger partial charge in [-0.3, -0.25) is 9.69 Å². The maximum atomic E-state index is 11.5. The normalized spacial score (nSPS) is 15.2. The maximum absolute atomic E-state index is 11.5. The van der Waals surface area contributed by atoms with Crippen LogP contribution in [0.5, 0.6) is 0 Å². The molecule has 126 valence electrons. The number of hydrogen-bond acceptors (Lipinski definition) is 6. The van der Waals surface area contributed by atoms with Crippen LogP contribution in [0, 0.1) is 5.92 Å². The highest BCUT2D eigenvalue weighted by molar-refractivity contribution is 7.88. The first-order valence-electron chi connectivity index (χ1n) is 6.91. The highest BCUT2D eigenvalue weighted by Gasteiger charge is 2.19. The Kier molecular flexibility index (Phi) is 9.03. The van der Waals surface area contributed by atoms with Crippen molar-refractivity contribution in [1.29, 1.82) is 0 Å². The van der Waals surface area contributed by atoms with Gasteiger partial charge in [-0.25, -0.2) is 13.1 Å². The second-order valence-electron chi connectivity index (χ2n) is 5.75. The SMILES string of the molecule is CC(C)[C@H](C)O[C@@H](CNS(C)(=O)=O)COC(=O)CN(C)C. The van der Waals surface area contributed by atoms with Gasteiger partial charge in [0, 0.05) is 6.54 Å². The van der Waals surface area contributed by atoms with E-state index in [0.717, 1.165) is 6.26 Å². The Hall–Kier alpha value is -0.700. The number of nitrogens with zero attached hydrogens (tertiary/aromatic N) is 1. The minimum Gasteiger partial charge on any atom is -0.462 e. The van der Waals surface area contributed by atoms with E-state index in [1.54, 1.807) is 19.0 Å². The van der Waals surface area contributed by atoms with E-state index >= 15 is 0 Å². The minimum absolute atomic E-state index is 0.0201. The topological polar surface area (TPSA) is 84.9 Å². The molecule has 0 saturated heterocycles. The van der Waals surface area contributed by atoms with Crippen LogP contribution in [0.15, 0.2) is 0 Å². The third-order valence-corrected chi connectivity index (χ3v) is 3.49. The van der Waals surface area contributed by atoms with E-state index in [-0.39, 0.29) is 37.7 Å². The van der Waals surface area contributed by atoms with Gasteiger partial charge in [0.05, 0.1) is 18.9 Å². The zero-order chi connectivity index (χ0) is 16.6. The predicted molar refractivity (Wildman–Crippen MR) is 81.5 cm³/mol. The number of ether oxygens (including phenoxy) is 2. The summed E-state index contributed by atoms with van der Waals surface area (Å²) in [5.74, 6) is -0.0895. The predicted octanol–water partition coefficient (Wildman–Crippen LogP) is 0.0701. The van der Waals surface area contributed by atoms with Crippen molar-refractivity contribution < 1.29 is 22.7 Å². The van der Waals surface area contributed by atoms with E-state index in [1.807, 2.05) is 20.8 Å². The Labute approximate surface area is 128 Å². The van der Waals surface area contributed by atoms with E-state index in [2.05, 4.69) is 4.72 Å². The molecule has 0 unspecified atom stereocenters. The molecule has 0 aliphatic heterocycles. The average Bonchev–Trinajstić information content (AvgIpc) is 2.30. The molecule has 0 radical (unpaired) electrons. The number of hydrogen-bond donors (Lipinski definition) is 1. The second kappa shape index (κ2) is 9.34. The lowest BCUT2D eigenvalue weighted by atomic mass is 10.1. The van der Waals surface area contributed by atoms with Gasteiger partial charge in [0.25, 0.3) is 0 Å². The first kappa shape index (κ1) is 20.3. The van der Waals surface area contributed by atoms with E-state index in [9.17, 15) is 13.2 Å². The van der Waals surface area contributed by atoms with Gasteiger partial charge in [0.15, 0.2) is 0 Å². The van der Waals surface area contributed by atoms with Crippen molar-refractivity contribution in [3.05, 3.63) is 0 Å². The quantitative estimate of drug-likeness (QED) is 0.573. The van der Waals surface area contributed by atoms with Crippen molar-refractivity contribution in [3.63, 3.8) is 0 Å². The average molecular weight is 324 g/mol. The van der Waals surface area contributed by atoms with Crippen LogP contribution in [-0.4, -0.2) is 71.5 Å². The summed E-state index contributed by atoms with van der Waals surface area (Å²) in [4.78, 5) is 13.2. The molecule has 8 heteroatoms. The molecule has 0 aromatic carbocycles. The van der Waals surface area contributed by atoms with Crippen LogP contribution in [0.25, 0.3) is 0 Å². The fourth-order valence-electron chi connectivity index (χ4n) is 1.34. The monoisotopic (exact) mass is 324 g/mol. The zero-order valence-electron chi connectivity index (χ0n) is 13.8. The lowest BCUT2D eigenvalue weighted by molar-refractivity contribution is -0.150. The Morgan fingerprint density at radius 1 is 1.24 bits per heavy atom. The number of likely N-dealkylation sites (N-methyl/N-ethyl adjacent to an activating group) is 1. The number of esters is 1. The summed E-state index contributed by atoms with van der Waals surface area (Å²) < 4.78 is 35.6. The molecule has 0 aliphatic rings. The van der Waals surface area contributed by atoms with Gasteiger partial charge in [-0.15, -0.1) is 0 Å². The summed E-state index contributed by atoms with van der Waals surface area (Å²) in [6, 6.07) is 0. The van der Waals surface area contributed by atoms with E-state index in [4.69, 9.17) is 9.47 Å². The fourth-order valence-corrected chi connectivity index (χ4v) is 1.83. The summed E-state index contributed by atoms with van der Waals surface area (Å²) in [5, 5.41) is 0. The molecular formula is C13H28N2O5S. The lowest BCUT2D eigenvalue weighted by Crippen LogP contribution is -2.39. The Morgan fingerprint density at radius 2 is 1.81 bits per heavy atom. The molecule has 0 fully saturated rings. The molecule has 21 heavy (non-hydrogen) atoms. The van der Waals surface area contributed by atoms with Gasteiger partial charge in [0.2, 0.25) is 10.0 Å². The van der Waals surface area contributed by atoms with Crippen LogP contribution in [-0.2, 0) is 24.3 Å². The number of sulfonamides is 1. The number of nitrogens with one attached hydrogen (secondary N) is 1. The lowest BCUT2D eigenvalue weighted by Gasteiger charge is -2.25. The molecule has 0 rings (SSSR count). The van der Waals surface area contributed by atoms with Crippen LogP contribution < -0.4 is 4.72 Å². The summed E-state index contributed by atoms with van der Waals surface area (Å²) >= 11 is 0. The summed E-state index contributed by atoms with van der Waals surface area (Å²) in [5.41, 5.74) is 0. The molecule has 7 nitrogen and oxygen atoms in total. The van der Waals surface area contributed by atoms with Crippen molar-refractivity contribution in [2.75, 3.05) is 40.0 Å². The van der Waals surface area contributed by atoms with Gasteiger partial charge in [0.1, 0.15) is 12.7 Å². The number of rotatable bonds is 10. The third-order valence-electron chi connectivity index (χ3n) is 2.79. The molecule has 0 heterocycles. The van der Waals surface area contributed by atoms with E-state index in [1.165, 1.54) is 0 Å². The molecule has 0 bridgehead atoms. The van der Waals surface area contributed by atoms with Gasteiger partial charge in [-0.1, -0.05) is 13.8 Å². The molecule has 1 N–H and O–H groups in total. The van der Waals surface area contributed by atoms with Crippen LogP contribution in [0.3, 0.4) is 0 Å². The smallest absolute Gasteiger partial charge is 0.320 e. The molecule has 0 aromatic rings. The number of carbonyl (C=O) groups is 1. The van der Waals surface area contributed by atoms with Gasteiger partial charge < -0.3 is 9.47 Å². The largest absolute Gasteiger partial charge is 0.462 e. The Balaban J connectivity index is 4.46. The first-order chi connectivity index (χ1) is 9.51. The maximum Gasteiger partial charge on any atom is 0.320 e. The van der Waals surface area contributed by atoms with Crippen LogP contribution in [0.2, 0.25) is 0 Å². The van der Waals surface area contributed by atoms with Gasteiger partial charge in [-0.2, -0.15) is 0 Å². The second-order valence-corrected chi connectivity index (χ2v) is 7.58. The molecule has 0 aromatic heterocycles. The molecule has 0 saturated carbocycles. The third kappa shape index (κ3) is 11.6. The standard InChI is InChI=1S/C13H28N2O5S/c1-10(2)11(3)20-12(7-14-21(6,17)18)9-19-13(16)8-15(4)5/h10-12,14H,7-9H2,1-6H3/t11-,12-/m0/s1. The van der Waals surface area contributed by atoms with E-state index < -0.39 is 16.1 Å². The zero-order valence-corrected chi connectivity index (χ0v) is 14.6. The number of carbonyl (C=O) groups excluding carboxylic acids is 1. The Bertz CT molecular complexity index is 409. The van der Waals surface area contributed by atoms with Crippen LogP contribution in [0.1, 0.15) is 20.8 Å². The van der Waals surface area contributed by atoms with E-state index in [0.29, 0.717) is 0 Å². The van der Waals surface area contributed by atoms with Crippen molar-refractivity contribution in [1.82, 2.24) is 9.62 Å². The summed E-state index contributed by atoms with van der Waals surface area (Å²) in [6.45, 7) is 6.18. The fraction of sp³-hybridized carbons (Fsp3) is 0.923. The first-order valence-corrected chi connectivity index (χ1v) is 8.81. The van der Waals surface area contributed by atoms with Crippen LogP contribution >= 0.6 is 0 Å². The van der Waals surface area contributed by atoms with Crippen LogP contribution in [0.4, 0.5) is 0 Å². The molecule has 0 spiro atoms.